The number of hydrogen-bond acceptors (Lipinski definition) is 1. The Morgan fingerprint density at radius 1 is 1.33 bits per heavy atom. The van der Waals surface area contributed by atoms with Gasteiger partial charge >= 0.3 is 0 Å². The molecule has 0 N–H and O–H groups in total. The Morgan fingerprint density at radius 2 is 1.92 bits per heavy atom. The van der Waals surface area contributed by atoms with E-state index in [2.05, 4.69) is 0 Å². The van der Waals surface area contributed by atoms with Gasteiger partial charge in [-0.1, -0.05) is 35.9 Å². The predicted octanol–water partition coefficient (Wildman–Crippen LogP) is 3.10. The molecular weight excluding hydrogens is 172 g/mol. The van der Waals surface area contributed by atoms with Crippen molar-refractivity contribution in [2.75, 3.05) is 0 Å². The van der Waals surface area contributed by atoms with E-state index in [4.69, 9.17) is 11.6 Å². The van der Waals surface area contributed by atoms with Crippen molar-refractivity contribution in [3.63, 3.8) is 0 Å². The van der Waals surface area contributed by atoms with Gasteiger partial charge in [0.15, 0.2) is 5.78 Å². The molecule has 1 rings (SSSR count). The second-order valence-corrected chi connectivity index (χ2v) is 2.72. The Morgan fingerprint density at radius 3 is 2.33 bits per heavy atom. The van der Waals surface area contributed by atoms with Gasteiger partial charge in [0.05, 0.1) is 0 Å². The van der Waals surface area contributed by atoms with Crippen molar-refractivity contribution in [3.8, 4) is 0 Å². The predicted molar refractivity (Wildman–Crippen MR) is 51.3 cm³/mol. The van der Waals surface area contributed by atoms with E-state index >= 15 is 0 Å². The molecule has 62 valence electrons. The molecular formula is C10H9ClO. The SMILES string of the molecule is CC(=O)c1ccc(/C=C/Cl)cc1. The summed E-state index contributed by atoms with van der Waals surface area (Å²) in [4.78, 5) is 10.9. The number of benzene rings is 1. The van der Waals surface area contributed by atoms with Gasteiger partial charge < -0.3 is 0 Å². The number of halogens is 1. The van der Waals surface area contributed by atoms with Crippen molar-refractivity contribution in [2.45, 2.75) is 6.92 Å². The van der Waals surface area contributed by atoms with Crippen LogP contribution < -0.4 is 0 Å². The third-order valence-corrected chi connectivity index (χ3v) is 1.70. The Bertz CT molecular complexity index is 298. The fraction of sp³-hybridized carbons (Fsp3) is 0.100. The lowest BCUT2D eigenvalue weighted by molar-refractivity contribution is 0.101. The molecule has 0 aliphatic rings. The lowest BCUT2D eigenvalue weighted by Gasteiger charge is -1.95. The minimum Gasteiger partial charge on any atom is -0.295 e. The molecule has 0 aromatic heterocycles. The summed E-state index contributed by atoms with van der Waals surface area (Å²) in [5, 5.41) is 0. The van der Waals surface area contributed by atoms with Crippen molar-refractivity contribution in [3.05, 3.63) is 40.9 Å². The number of Topliss-reactive ketones (excluding diaryl/α,β-unsaturated/α-hetero) is 1. The first kappa shape index (κ1) is 9.01. The normalized spacial score (nSPS) is 10.5. The summed E-state index contributed by atoms with van der Waals surface area (Å²) >= 11 is 5.39. The molecule has 0 bridgehead atoms. The molecule has 0 unspecified atom stereocenters. The fourth-order valence-corrected chi connectivity index (χ4v) is 1.05. The molecule has 2 heteroatoms. The smallest absolute Gasteiger partial charge is 0.159 e. The van der Waals surface area contributed by atoms with E-state index in [0.29, 0.717) is 0 Å². The molecule has 0 saturated heterocycles. The number of ketones is 1. The molecule has 0 aliphatic heterocycles. The van der Waals surface area contributed by atoms with Crippen LogP contribution in [0.1, 0.15) is 22.8 Å². The number of hydrogen-bond donors (Lipinski definition) is 0. The third kappa shape index (κ3) is 2.21. The van der Waals surface area contributed by atoms with E-state index in [1.54, 1.807) is 25.1 Å². The van der Waals surface area contributed by atoms with Crippen LogP contribution in [0.4, 0.5) is 0 Å². The standard InChI is InChI=1S/C10H9ClO/c1-8(12)10-4-2-9(3-5-10)6-7-11/h2-7H,1H3/b7-6+. The molecule has 0 atom stereocenters. The molecule has 1 aromatic carbocycles. The van der Waals surface area contributed by atoms with Gasteiger partial charge in [0.1, 0.15) is 0 Å². The van der Waals surface area contributed by atoms with Crippen LogP contribution in [-0.2, 0) is 0 Å². The van der Waals surface area contributed by atoms with Gasteiger partial charge in [-0.3, -0.25) is 4.79 Å². The van der Waals surface area contributed by atoms with Crippen LogP contribution in [0, 0.1) is 0 Å². The molecule has 0 saturated carbocycles. The highest BCUT2D eigenvalue weighted by atomic mass is 35.5. The first-order valence-electron chi connectivity index (χ1n) is 3.62. The fourth-order valence-electron chi connectivity index (χ4n) is 0.902. The van der Waals surface area contributed by atoms with Crippen LogP contribution in [0.3, 0.4) is 0 Å². The molecule has 1 nitrogen and oxygen atoms in total. The second kappa shape index (κ2) is 4.07. The summed E-state index contributed by atoms with van der Waals surface area (Å²) in [6, 6.07) is 7.29. The largest absolute Gasteiger partial charge is 0.295 e. The summed E-state index contributed by atoms with van der Waals surface area (Å²) in [7, 11) is 0. The van der Waals surface area contributed by atoms with Gasteiger partial charge in [0, 0.05) is 11.1 Å². The van der Waals surface area contributed by atoms with Crippen LogP contribution in [-0.4, -0.2) is 5.78 Å². The van der Waals surface area contributed by atoms with Gasteiger partial charge in [-0.05, 0) is 18.6 Å². The van der Waals surface area contributed by atoms with E-state index in [1.165, 1.54) is 5.54 Å². The molecule has 0 aliphatic carbocycles. The first-order chi connectivity index (χ1) is 5.74. The summed E-state index contributed by atoms with van der Waals surface area (Å²) in [5.41, 5.74) is 3.17. The van der Waals surface area contributed by atoms with Crippen molar-refractivity contribution in [2.24, 2.45) is 0 Å². The van der Waals surface area contributed by atoms with Gasteiger partial charge in [0.2, 0.25) is 0 Å². The highest BCUT2D eigenvalue weighted by molar-refractivity contribution is 6.27. The number of carbonyl (C=O) groups excluding carboxylic acids is 1. The van der Waals surface area contributed by atoms with E-state index in [1.807, 2.05) is 12.1 Å². The van der Waals surface area contributed by atoms with Crippen molar-refractivity contribution in [1.82, 2.24) is 0 Å². The Kier molecular flexibility index (Phi) is 3.06. The maximum atomic E-state index is 10.9. The van der Waals surface area contributed by atoms with Gasteiger partial charge in [-0.15, -0.1) is 0 Å². The summed E-state index contributed by atoms with van der Waals surface area (Å²) in [6.07, 6.45) is 1.77. The van der Waals surface area contributed by atoms with Crippen LogP contribution in [0.5, 0.6) is 0 Å². The van der Waals surface area contributed by atoms with E-state index in [0.717, 1.165) is 11.1 Å². The zero-order valence-corrected chi connectivity index (χ0v) is 7.51. The zero-order chi connectivity index (χ0) is 8.97. The maximum absolute atomic E-state index is 10.9. The highest BCUT2D eigenvalue weighted by Crippen LogP contribution is 2.06. The lowest BCUT2D eigenvalue weighted by atomic mass is 10.1. The quantitative estimate of drug-likeness (QED) is 0.640. The maximum Gasteiger partial charge on any atom is 0.159 e. The van der Waals surface area contributed by atoms with Gasteiger partial charge in [-0.2, -0.15) is 0 Å². The molecule has 12 heavy (non-hydrogen) atoms. The van der Waals surface area contributed by atoms with Crippen molar-refractivity contribution >= 4 is 23.5 Å². The van der Waals surface area contributed by atoms with Crippen molar-refractivity contribution < 1.29 is 4.79 Å². The molecule has 0 fully saturated rings. The average molecular weight is 181 g/mol. The molecule has 0 heterocycles. The van der Waals surface area contributed by atoms with Crippen molar-refractivity contribution in [1.29, 1.82) is 0 Å². The third-order valence-electron chi connectivity index (χ3n) is 1.57. The Labute approximate surface area is 76.7 Å². The summed E-state index contributed by atoms with van der Waals surface area (Å²) in [5.74, 6) is 0.0800. The van der Waals surface area contributed by atoms with E-state index < -0.39 is 0 Å². The van der Waals surface area contributed by atoms with Crippen LogP contribution in [0.15, 0.2) is 29.8 Å². The first-order valence-corrected chi connectivity index (χ1v) is 4.05. The average Bonchev–Trinajstić information content (AvgIpc) is 2.06. The topological polar surface area (TPSA) is 17.1 Å². The second-order valence-electron chi connectivity index (χ2n) is 2.47. The highest BCUT2D eigenvalue weighted by Gasteiger charge is 1.96. The Hall–Kier alpha value is -1.08. The Balaban J connectivity index is 2.93. The summed E-state index contributed by atoms with van der Waals surface area (Å²) < 4.78 is 0. The minimum atomic E-state index is 0.0800. The molecule has 1 aromatic rings. The van der Waals surface area contributed by atoms with Crippen LogP contribution in [0.2, 0.25) is 0 Å². The van der Waals surface area contributed by atoms with Crippen LogP contribution >= 0.6 is 11.6 Å². The lowest BCUT2D eigenvalue weighted by Crippen LogP contribution is -1.90. The minimum absolute atomic E-state index is 0.0800. The van der Waals surface area contributed by atoms with Crippen LogP contribution in [0.25, 0.3) is 6.08 Å². The number of carbonyl (C=O) groups is 1. The monoisotopic (exact) mass is 180 g/mol. The summed E-state index contributed by atoms with van der Waals surface area (Å²) in [6.45, 7) is 1.55. The molecule has 0 spiro atoms. The number of rotatable bonds is 2. The van der Waals surface area contributed by atoms with Gasteiger partial charge in [-0.25, -0.2) is 0 Å². The van der Waals surface area contributed by atoms with E-state index in [9.17, 15) is 4.79 Å². The van der Waals surface area contributed by atoms with Gasteiger partial charge in [0.25, 0.3) is 0 Å². The van der Waals surface area contributed by atoms with E-state index in [-0.39, 0.29) is 5.78 Å². The zero-order valence-electron chi connectivity index (χ0n) is 6.75. The molecule has 0 radical (unpaired) electrons. The molecule has 0 amide bonds.